The summed E-state index contributed by atoms with van der Waals surface area (Å²) >= 11 is 0. The molecule has 0 saturated heterocycles. The number of ketones is 1. The van der Waals surface area contributed by atoms with E-state index in [9.17, 15) is 14.4 Å². The van der Waals surface area contributed by atoms with Gasteiger partial charge in [0.25, 0.3) is 0 Å². The Kier molecular flexibility index (Phi) is 8.07. The highest BCUT2D eigenvalue weighted by Gasteiger charge is 2.64. The molecule has 36 heavy (non-hydrogen) atoms. The predicted octanol–water partition coefficient (Wildman–Crippen LogP) is 6.68. The SMILES string of the molecule is CC=C1C(=O)C2C(CC[C@@]3(C)C2CCC3[C@H](C)CCC(=O)OCC)[C@@]2(C)CC[C@@H](OC(=O)CC)CC12. The quantitative estimate of drug-likeness (QED) is 0.288. The summed E-state index contributed by atoms with van der Waals surface area (Å²) in [7, 11) is 0. The third-order valence-electron chi connectivity index (χ3n) is 11.1. The third-order valence-corrected chi connectivity index (χ3v) is 11.1. The minimum atomic E-state index is -0.131. The van der Waals surface area contributed by atoms with Crippen LogP contribution in [0.4, 0.5) is 0 Å². The Morgan fingerprint density at radius 3 is 2.39 bits per heavy atom. The maximum absolute atomic E-state index is 14.2. The fourth-order valence-corrected chi connectivity index (χ4v) is 9.31. The molecule has 0 bridgehead atoms. The van der Waals surface area contributed by atoms with Gasteiger partial charge in [-0.3, -0.25) is 14.4 Å². The van der Waals surface area contributed by atoms with Gasteiger partial charge in [0.05, 0.1) is 6.61 Å². The number of hydrogen-bond donors (Lipinski definition) is 0. The molecule has 4 rings (SSSR count). The molecule has 0 aromatic carbocycles. The molecule has 5 unspecified atom stereocenters. The van der Waals surface area contributed by atoms with E-state index in [1.807, 2.05) is 20.8 Å². The molecular weight excluding hydrogens is 452 g/mol. The summed E-state index contributed by atoms with van der Waals surface area (Å²) in [5, 5.41) is 0. The van der Waals surface area contributed by atoms with Gasteiger partial charge in [-0.2, -0.15) is 0 Å². The Balaban J connectivity index is 1.55. The number of ether oxygens (including phenoxy) is 2. The average Bonchev–Trinajstić information content (AvgIpc) is 3.21. The van der Waals surface area contributed by atoms with Crippen molar-refractivity contribution in [3.05, 3.63) is 11.6 Å². The number of allylic oxidation sites excluding steroid dienone is 2. The van der Waals surface area contributed by atoms with Gasteiger partial charge in [-0.1, -0.05) is 33.8 Å². The molecule has 5 nitrogen and oxygen atoms in total. The van der Waals surface area contributed by atoms with E-state index < -0.39 is 0 Å². The van der Waals surface area contributed by atoms with E-state index in [0.29, 0.717) is 48.9 Å². The highest BCUT2D eigenvalue weighted by molar-refractivity contribution is 5.99. The van der Waals surface area contributed by atoms with E-state index in [1.165, 1.54) is 6.42 Å². The predicted molar refractivity (Wildman–Crippen MR) is 140 cm³/mol. The van der Waals surface area contributed by atoms with Crippen LogP contribution in [0.3, 0.4) is 0 Å². The summed E-state index contributed by atoms with van der Waals surface area (Å²) in [4.78, 5) is 38.2. The second-order valence-corrected chi connectivity index (χ2v) is 12.7. The first-order chi connectivity index (χ1) is 17.1. The summed E-state index contributed by atoms with van der Waals surface area (Å²) in [6, 6.07) is 0. The Hall–Kier alpha value is -1.65. The van der Waals surface area contributed by atoms with Crippen LogP contribution in [0, 0.1) is 46.3 Å². The van der Waals surface area contributed by atoms with Crippen LogP contribution in [0.1, 0.15) is 106 Å². The number of carbonyl (C=O) groups excluding carboxylic acids is 3. The van der Waals surface area contributed by atoms with E-state index in [2.05, 4.69) is 26.8 Å². The van der Waals surface area contributed by atoms with Gasteiger partial charge in [0.1, 0.15) is 6.10 Å². The molecular formula is C31H48O5. The van der Waals surface area contributed by atoms with E-state index in [4.69, 9.17) is 9.47 Å². The fourth-order valence-electron chi connectivity index (χ4n) is 9.31. The van der Waals surface area contributed by atoms with Gasteiger partial charge in [0.15, 0.2) is 5.78 Å². The zero-order valence-electron chi connectivity index (χ0n) is 23.4. The van der Waals surface area contributed by atoms with Crippen molar-refractivity contribution < 1.29 is 23.9 Å². The van der Waals surface area contributed by atoms with Crippen molar-refractivity contribution in [2.75, 3.05) is 6.61 Å². The lowest BCUT2D eigenvalue weighted by Gasteiger charge is -2.61. The molecule has 4 fully saturated rings. The van der Waals surface area contributed by atoms with Crippen molar-refractivity contribution in [3.63, 3.8) is 0 Å². The molecule has 0 aliphatic heterocycles. The summed E-state index contributed by atoms with van der Waals surface area (Å²) in [6.07, 6.45) is 11.0. The molecule has 0 radical (unpaired) electrons. The maximum atomic E-state index is 14.2. The van der Waals surface area contributed by atoms with Crippen molar-refractivity contribution in [1.29, 1.82) is 0 Å². The fraction of sp³-hybridized carbons (Fsp3) is 0.839. The van der Waals surface area contributed by atoms with Crippen LogP contribution in [0.15, 0.2) is 11.6 Å². The first kappa shape index (κ1) is 27.4. The standard InChI is InChI=1S/C31H48O5/c1-7-21-25-18-20(36-26(32)8-2)14-16-31(25,6)24-15-17-30(5)22(11-12-23(30)28(24)29(21)34)19(4)10-13-27(33)35-9-3/h7,19-20,22-25,28H,8-18H2,1-6H3/t19-,20-,22?,23?,24?,25?,28?,30-,31-/m1/s1. The van der Waals surface area contributed by atoms with Crippen LogP contribution in [-0.2, 0) is 23.9 Å². The molecule has 0 heterocycles. The van der Waals surface area contributed by atoms with Crippen LogP contribution in [-0.4, -0.2) is 30.4 Å². The number of carbonyl (C=O) groups is 3. The third kappa shape index (κ3) is 4.58. The van der Waals surface area contributed by atoms with Crippen molar-refractivity contribution in [3.8, 4) is 0 Å². The van der Waals surface area contributed by atoms with Gasteiger partial charge in [0, 0.05) is 18.8 Å². The normalized spacial score (nSPS) is 41.7. The highest BCUT2D eigenvalue weighted by atomic mass is 16.5. The van der Waals surface area contributed by atoms with Crippen LogP contribution < -0.4 is 0 Å². The second kappa shape index (κ2) is 10.6. The number of hydrogen-bond acceptors (Lipinski definition) is 5. The number of rotatable bonds is 7. The summed E-state index contributed by atoms with van der Waals surface area (Å²) in [5.74, 6) is 2.28. The van der Waals surface area contributed by atoms with Crippen molar-refractivity contribution >= 4 is 17.7 Å². The van der Waals surface area contributed by atoms with Gasteiger partial charge < -0.3 is 9.47 Å². The van der Waals surface area contributed by atoms with E-state index in [-0.39, 0.29) is 40.7 Å². The Morgan fingerprint density at radius 2 is 1.72 bits per heavy atom. The number of fused-ring (bicyclic) bond motifs is 5. The lowest BCUT2D eigenvalue weighted by Crippen LogP contribution is -2.58. The van der Waals surface area contributed by atoms with Gasteiger partial charge in [-0.25, -0.2) is 0 Å². The topological polar surface area (TPSA) is 69.7 Å². The number of esters is 2. The molecule has 202 valence electrons. The minimum absolute atomic E-state index is 0.0696. The second-order valence-electron chi connectivity index (χ2n) is 12.7. The Bertz CT molecular complexity index is 891. The maximum Gasteiger partial charge on any atom is 0.305 e. The molecule has 5 heteroatoms. The molecule has 4 aliphatic carbocycles. The van der Waals surface area contributed by atoms with Crippen LogP contribution in [0.25, 0.3) is 0 Å². The van der Waals surface area contributed by atoms with Gasteiger partial charge in [0.2, 0.25) is 0 Å². The lowest BCUT2D eigenvalue weighted by atomic mass is 9.43. The van der Waals surface area contributed by atoms with Crippen LogP contribution >= 0.6 is 0 Å². The number of Topliss-reactive ketones (excluding diaryl/α,β-unsaturated/α-hetero) is 1. The molecule has 4 saturated carbocycles. The van der Waals surface area contributed by atoms with Gasteiger partial charge in [-0.15, -0.1) is 0 Å². The largest absolute Gasteiger partial charge is 0.466 e. The Labute approximate surface area is 218 Å². The van der Waals surface area contributed by atoms with Crippen LogP contribution in [0.5, 0.6) is 0 Å². The van der Waals surface area contributed by atoms with E-state index in [0.717, 1.165) is 50.5 Å². The lowest BCUT2D eigenvalue weighted by molar-refractivity contribution is -0.161. The molecule has 4 aliphatic rings. The summed E-state index contributed by atoms with van der Waals surface area (Å²) in [5.41, 5.74) is 1.24. The first-order valence-electron chi connectivity index (χ1n) is 14.7. The molecule has 0 aromatic rings. The molecule has 0 spiro atoms. The summed E-state index contributed by atoms with van der Waals surface area (Å²) < 4.78 is 10.9. The van der Waals surface area contributed by atoms with Crippen LogP contribution in [0.2, 0.25) is 0 Å². The molecule has 0 N–H and O–H groups in total. The van der Waals surface area contributed by atoms with E-state index in [1.54, 1.807) is 0 Å². The summed E-state index contributed by atoms with van der Waals surface area (Å²) in [6.45, 7) is 13.3. The van der Waals surface area contributed by atoms with E-state index >= 15 is 0 Å². The van der Waals surface area contributed by atoms with Crippen molar-refractivity contribution in [2.45, 2.75) is 112 Å². The van der Waals surface area contributed by atoms with Crippen molar-refractivity contribution in [2.24, 2.45) is 46.3 Å². The minimum Gasteiger partial charge on any atom is -0.466 e. The average molecular weight is 501 g/mol. The monoisotopic (exact) mass is 500 g/mol. The molecule has 0 aromatic heterocycles. The zero-order valence-corrected chi connectivity index (χ0v) is 23.4. The smallest absolute Gasteiger partial charge is 0.305 e. The van der Waals surface area contributed by atoms with Gasteiger partial charge in [-0.05, 0) is 111 Å². The highest BCUT2D eigenvalue weighted by Crippen LogP contribution is 2.68. The zero-order chi connectivity index (χ0) is 26.3. The molecule has 0 amide bonds. The van der Waals surface area contributed by atoms with Gasteiger partial charge >= 0.3 is 11.9 Å². The Morgan fingerprint density at radius 1 is 1.03 bits per heavy atom. The first-order valence-corrected chi connectivity index (χ1v) is 14.7. The van der Waals surface area contributed by atoms with Crippen molar-refractivity contribution in [1.82, 2.24) is 0 Å². The molecule has 9 atom stereocenters.